The molecule has 0 aliphatic rings. The zero-order chi connectivity index (χ0) is 27.3. The number of rotatable bonds is 7. The van der Waals surface area contributed by atoms with Crippen LogP contribution in [0.15, 0.2) is 73.3 Å². The van der Waals surface area contributed by atoms with Crippen molar-refractivity contribution in [1.29, 1.82) is 0 Å². The molecule has 0 aliphatic heterocycles. The Labute approximate surface area is 224 Å². The van der Waals surface area contributed by atoms with Crippen LogP contribution in [0.1, 0.15) is 44.1 Å². The lowest BCUT2D eigenvalue weighted by atomic mass is 10.1. The average molecular weight is 531 g/mol. The molecular weight excluding hydrogens is 498 g/mol. The molecule has 3 heterocycles. The highest BCUT2D eigenvalue weighted by atomic mass is 31.0. The van der Waals surface area contributed by atoms with E-state index in [0.29, 0.717) is 30.2 Å². The Morgan fingerprint density at radius 2 is 1.79 bits per heavy atom. The smallest absolute Gasteiger partial charge is 0.176 e. The number of H-pyrrole nitrogens is 1. The van der Waals surface area contributed by atoms with Gasteiger partial charge in [0.25, 0.3) is 0 Å². The van der Waals surface area contributed by atoms with Crippen molar-refractivity contribution in [2.24, 2.45) is 7.05 Å². The molecule has 2 aromatic carbocycles. The van der Waals surface area contributed by atoms with Crippen LogP contribution in [-0.2, 0) is 7.05 Å². The molecule has 5 rings (SSSR count). The minimum Gasteiger partial charge on any atom is -0.345 e. The van der Waals surface area contributed by atoms with Gasteiger partial charge in [-0.05, 0) is 48.7 Å². The number of fused-ring (bicyclic) bond motifs is 1. The number of halogens is 1. The fourth-order valence-corrected chi connectivity index (χ4v) is 3.92. The summed E-state index contributed by atoms with van der Waals surface area (Å²) in [5.41, 5.74) is 5.51. The molecule has 0 fully saturated rings. The standard InChI is InChI=1S/C24H20N6O.C5H12FP/c1-15(31)21-11-17-3-4-18(12-22(17)30(21)2)24-26-10-9-23(29-24)28-19-7-5-16(6-8-19)20-13-25-14-27-20;1-3-5(6,7)4-2/h3-14H,1-2H3,(H,25,27)(H,26,28,29);3-4,7H2,1-2H3. The number of ketones is 1. The molecule has 1 unspecified atom stereocenters. The summed E-state index contributed by atoms with van der Waals surface area (Å²) >= 11 is 0. The first kappa shape index (κ1) is 27.1. The third-order valence-electron chi connectivity index (χ3n) is 6.46. The Kier molecular flexibility index (Phi) is 8.32. The Bertz CT molecular complexity index is 1520. The fraction of sp³-hybridized carbons (Fsp3) is 0.241. The number of imidazole rings is 1. The van der Waals surface area contributed by atoms with Crippen LogP contribution in [-0.4, -0.2) is 35.7 Å². The van der Waals surface area contributed by atoms with Crippen LogP contribution in [0, 0.1) is 0 Å². The van der Waals surface area contributed by atoms with Gasteiger partial charge in [0.05, 0.1) is 23.9 Å². The molecule has 3 aromatic heterocycles. The van der Waals surface area contributed by atoms with Crippen LogP contribution in [0.5, 0.6) is 0 Å². The highest BCUT2D eigenvalue weighted by Gasteiger charge is 2.16. The monoisotopic (exact) mass is 530 g/mol. The van der Waals surface area contributed by atoms with Gasteiger partial charge in [0.1, 0.15) is 11.2 Å². The number of carbonyl (C=O) groups is 1. The number of anilines is 2. The number of hydrogen-bond acceptors (Lipinski definition) is 5. The van der Waals surface area contributed by atoms with Crippen LogP contribution in [0.25, 0.3) is 33.5 Å². The van der Waals surface area contributed by atoms with E-state index in [0.717, 1.165) is 33.4 Å². The lowest BCUT2D eigenvalue weighted by Gasteiger charge is -2.13. The molecule has 0 amide bonds. The van der Waals surface area contributed by atoms with E-state index in [1.165, 1.54) is 0 Å². The number of aryl methyl sites for hydroxylation is 1. The number of Topliss-reactive ketones (excluding diaryl/α,β-unsaturated/α-hetero) is 1. The van der Waals surface area contributed by atoms with E-state index in [1.54, 1.807) is 25.6 Å². The van der Waals surface area contributed by atoms with E-state index in [4.69, 9.17) is 0 Å². The van der Waals surface area contributed by atoms with Crippen molar-refractivity contribution in [2.45, 2.75) is 39.0 Å². The van der Waals surface area contributed by atoms with Crippen molar-refractivity contribution in [2.75, 3.05) is 5.32 Å². The lowest BCUT2D eigenvalue weighted by Crippen LogP contribution is -2.07. The van der Waals surface area contributed by atoms with E-state index in [-0.39, 0.29) is 5.78 Å². The van der Waals surface area contributed by atoms with Crippen molar-refractivity contribution in [3.63, 3.8) is 0 Å². The second-order valence-electron chi connectivity index (χ2n) is 9.09. The third-order valence-corrected chi connectivity index (χ3v) is 7.28. The molecule has 196 valence electrons. The predicted octanol–water partition coefficient (Wildman–Crippen LogP) is 7.32. The minimum absolute atomic E-state index is 0.0428. The number of carbonyl (C=O) groups excluding carboxylic acids is 1. The van der Waals surface area contributed by atoms with Crippen molar-refractivity contribution < 1.29 is 9.18 Å². The highest BCUT2D eigenvalue weighted by Crippen LogP contribution is 2.28. The Hall–Kier alpha value is -3.90. The van der Waals surface area contributed by atoms with Crippen molar-refractivity contribution in [3.8, 4) is 22.6 Å². The molecule has 0 spiro atoms. The number of hydrogen-bond donors (Lipinski definition) is 2. The Morgan fingerprint density at radius 3 is 2.39 bits per heavy atom. The SMILES string of the molecule is CC(=O)c1cc2ccc(-c3nccc(Nc4ccc(-c5cnc[nH]5)cc4)n3)cc2n1C.CCC(F)(P)CC. The van der Waals surface area contributed by atoms with Gasteiger partial charge in [-0.25, -0.2) is 19.3 Å². The largest absolute Gasteiger partial charge is 0.345 e. The van der Waals surface area contributed by atoms with Gasteiger partial charge in [0, 0.05) is 42.3 Å². The maximum atomic E-state index is 12.5. The quantitative estimate of drug-likeness (QED) is 0.170. The van der Waals surface area contributed by atoms with Crippen LogP contribution in [0.2, 0.25) is 0 Å². The average Bonchev–Trinajstić information content (AvgIpc) is 3.58. The van der Waals surface area contributed by atoms with E-state index in [2.05, 4.69) is 34.5 Å². The summed E-state index contributed by atoms with van der Waals surface area (Å²) in [6.45, 7) is 5.27. The lowest BCUT2D eigenvalue weighted by molar-refractivity contribution is 0.101. The zero-order valence-electron chi connectivity index (χ0n) is 22.0. The first-order valence-corrected chi connectivity index (χ1v) is 13.1. The van der Waals surface area contributed by atoms with Gasteiger partial charge in [0.15, 0.2) is 11.6 Å². The zero-order valence-corrected chi connectivity index (χ0v) is 23.1. The second-order valence-corrected chi connectivity index (χ2v) is 10.1. The molecule has 1 atom stereocenters. The number of aromatic amines is 1. The normalized spacial score (nSPS) is 11.2. The molecule has 5 aromatic rings. The summed E-state index contributed by atoms with van der Waals surface area (Å²) in [6, 6.07) is 17.8. The van der Waals surface area contributed by atoms with Crippen LogP contribution in [0.3, 0.4) is 0 Å². The van der Waals surface area contributed by atoms with Crippen LogP contribution >= 0.6 is 9.24 Å². The molecule has 9 heteroatoms. The van der Waals surface area contributed by atoms with E-state index >= 15 is 0 Å². The summed E-state index contributed by atoms with van der Waals surface area (Å²) < 4.78 is 14.4. The number of alkyl halides is 1. The first-order valence-electron chi connectivity index (χ1n) is 12.5. The van der Waals surface area contributed by atoms with Gasteiger partial charge >= 0.3 is 0 Å². The van der Waals surface area contributed by atoms with E-state index in [9.17, 15) is 9.18 Å². The molecular formula is C29H32FN6OP. The van der Waals surface area contributed by atoms with Gasteiger partial charge in [-0.1, -0.05) is 47.4 Å². The maximum absolute atomic E-state index is 12.5. The third kappa shape index (κ3) is 6.32. The van der Waals surface area contributed by atoms with Crippen LogP contribution in [0.4, 0.5) is 15.9 Å². The maximum Gasteiger partial charge on any atom is 0.176 e. The number of nitrogens with zero attached hydrogens (tertiary/aromatic N) is 4. The van der Waals surface area contributed by atoms with Crippen molar-refractivity contribution >= 4 is 37.4 Å². The summed E-state index contributed by atoms with van der Waals surface area (Å²) in [7, 11) is 4.10. The second kappa shape index (κ2) is 11.7. The molecule has 0 aliphatic carbocycles. The summed E-state index contributed by atoms with van der Waals surface area (Å²) in [5.74, 6) is 1.36. The molecule has 2 N–H and O–H groups in total. The summed E-state index contributed by atoms with van der Waals surface area (Å²) in [5, 5.41) is 3.34. The van der Waals surface area contributed by atoms with Gasteiger partial charge < -0.3 is 14.9 Å². The predicted molar refractivity (Wildman–Crippen MR) is 155 cm³/mol. The molecule has 0 radical (unpaired) electrons. The van der Waals surface area contributed by atoms with Crippen LogP contribution < -0.4 is 5.32 Å². The Balaban J connectivity index is 0.000000426. The van der Waals surface area contributed by atoms with E-state index < -0.39 is 5.41 Å². The topological polar surface area (TPSA) is 88.5 Å². The van der Waals surface area contributed by atoms with Gasteiger partial charge in [-0.3, -0.25) is 4.79 Å². The number of nitrogens with one attached hydrogen (secondary N) is 2. The fourth-order valence-electron chi connectivity index (χ4n) is 3.92. The minimum atomic E-state index is -1.00. The van der Waals surface area contributed by atoms with Gasteiger partial charge in [-0.2, -0.15) is 0 Å². The number of benzene rings is 2. The number of aromatic nitrogens is 5. The molecule has 0 bridgehead atoms. The van der Waals surface area contributed by atoms with Gasteiger partial charge in [-0.15, -0.1) is 0 Å². The molecule has 38 heavy (non-hydrogen) atoms. The Morgan fingerprint density at radius 1 is 1.08 bits per heavy atom. The summed E-state index contributed by atoms with van der Waals surface area (Å²) in [4.78, 5) is 28.1. The van der Waals surface area contributed by atoms with E-state index in [1.807, 2.05) is 80.1 Å². The van der Waals surface area contributed by atoms with Crippen molar-refractivity contribution in [3.05, 3.63) is 79.0 Å². The molecule has 0 saturated heterocycles. The first-order chi connectivity index (χ1) is 18.2. The van der Waals surface area contributed by atoms with Crippen molar-refractivity contribution in [1.82, 2.24) is 24.5 Å². The molecule has 7 nitrogen and oxygen atoms in total. The summed E-state index contributed by atoms with van der Waals surface area (Å²) in [6.07, 6.45) is 6.38. The highest BCUT2D eigenvalue weighted by molar-refractivity contribution is 7.18. The van der Waals surface area contributed by atoms with Gasteiger partial charge in [0.2, 0.25) is 0 Å². The molecule has 0 saturated carbocycles.